The number of amides is 4. The van der Waals surface area contributed by atoms with Crippen LogP contribution in [0.15, 0.2) is 81.7 Å². The van der Waals surface area contributed by atoms with Gasteiger partial charge in [0.2, 0.25) is 0 Å². The van der Waals surface area contributed by atoms with Gasteiger partial charge in [-0.3, -0.25) is 14.9 Å². The van der Waals surface area contributed by atoms with E-state index < -0.39 is 28.0 Å². The average molecular weight is 596 g/mol. The summed E-state index contributed by atoms with van der Waals surface area (Å²) in [4.78, 5) is 38.5. The second-order valence-corrected chi connectivity index (χ2v) is 10.4. The van der Waals surface area contributed by atoms with Gasteiger partial charge in [0.25, 0.3) is 11.8 Å². The molecule has 0 atom stereocenters. The first-order valence-electron chi connectivity index (χ1n) is 9.72. The molecule has 0 spiro atoms. The maximum absolute atomic E-state index is 13.0. The Hall–Kier alpha value is -3.18. The topological polar surface area (TPSA) is 110 Å². The highest BCUT2D eigenvalue weighted by Crippen LogP contribution is 2.37. The predicted molar refractivity (Wildman–Crippen MR) is 134 cm³/mol. The molecule has 0 bridgehead atoms. The fraction of sp³-hybridized carbons (Fsp3) is 0. The zero-order valence-electron chi connectivity index (χ0n) is 17.4. The summed E-state index contributed by atoms with van der Waals surface area (Å²) in [5, 5.41) is 1.76. The summed E-state index contributed by atoms with van der Waals surface area (Å²) in [6.45, 7) is 0. The number of benzene rings is 3. The highest BCUT2D eigenvalue weighted by Gasteiger charge is 2.37. The van der Waals surface area contributed by atoms with Crippen molar-refractivity contribution in [3.63, 3.8) is 0 Å². The van der Waals surface area contributed by atoms with Gasteiger partial charge in [0.15, 0.2) is 5.75 Å². The van der Waals surface area contributed by atoms with E-state index >= 15 is 0 Å². The molecule has 1 heterocycles. The van der Waals surface area contributed by atoms with Gasteiger partial charge in [-0.05, 0) is 60.2 Å². The van der Waals surface area contributed by atoms with Crippen LogP contribution in [-0.4, -0.2) is 26.3 Å². The van der Waals surface area contributed by atoms with Crippen LogP contribution in [0.1, 0.15) is 5.56 Å². The third kappa shape index (κ3) is 5.25. The maximum Gasteiger partial charge on any atom is 0.339 e. The largest absolute Gasteiger partial charge is 0.376 e. The van der Waals surface area contributed by atoms with E-state index in [1.165, 1.54) is 54.6 Å². The van der Waals surface area contributed by atoms with Crippen molar-refractivity contribution in [1.82, 2.24) is 5.32 Å². The van der Waals surface area contributed by atoms with E-state index in [4.69, 9.17) is 27.4 Å². The van der Waals surface area contributed by atoms with Crippen LogP contribution in [0.5, 0.6) is 5.75 Å². The molecule has 0 saturated carbocycles. The number of rotatable bonds is 5. The van der Waals surface area contributed by atoms with Gasteiger partial charge in [0, 0.05) is 4.47 Å². The lowest BCUT2D eigenvalue weighted by atomic mass is 10.1. The molecule has 0 aromatic heterocycles. The molecule has 12 heteroatoms. The van der Waals surface area contributed by atoms with E-state index in [0.29, 0.717) is 0 Å². The quantitative estimate of drug-likeness (QED) is 0.247. The Balaban J connectivity index is 1.67. The molecule has 1 fully saturated rings. The zero-order valence-corrected chi connectivity index (χ0v) is 21.3. The molecule has 8 nitrogen and oxygen atoms in total. The van der Waals surface area contributed by atoms with Gasteiger partial charge in [0.1, 0.15) is 10.5 Å². The van der Waals surface area contributed by atoms with Crippen LogP contribution in [0.4, 0.5) is 10.5 Å². The Bertz CT molecular complexity index is 1470. The number of urea groups is 1. The highest BCUT2D eigenvalue weighted by atomic mass is 79.9. The molecule has 0 unspecified atom stereocenters. The minimum absolute atomic E-state index is 0.0968. The monoisotopic (exact) mass is 594 g/mol. The number of imide groups is 2. The van der Waals surface area contributed by atoms with Gasteiger partial charge < -0.3 is 4.18 Å². The smallest absolute Gasteiger partial charge is 0.339 e. The summed E-state index contributed by atoms with van der Waals surface area (Å²) in [6.07, 6.45) is 1.18. The molecule has 4 amide bonds. The van der Waals surface area contributed by atoms with Crippen LogP contribution in [0.3, 0.4) is 0 Å². The van der Waals surface area contributed by atoms with Gasteiger partial charge in [-0.15, -0.1) is 0 Å². The number of anilines is 1. The fourth-order valence-electron chi connectivity index (χ4n) is 3.14. The Labute approximate surface area is 218 Å². The Kier molecular flexibility index (Phi) is 7.00. The van der Waals surface area contributed by atoms with Crippen molar-refractivity contribution in [2.45, 2.75) is 4.90 Å². The van der Waals surface area contributed by atoms with Crippen LogP contribution in [0, 0.1) is 0 Å². The first-order chi connectivity index (χ1) is 16.6. The molecule has 1 aliphatic rings. The predicted octanol–water partition coefficient (Wildman–Crippen LogP) is 5.19. The van der Waals surface area contributed by atoms with Crippen molar-refractivity contribution in [1.29, 1.82) is 0 Å². The van der Waals surface area contributed by atoms with Gasteiger partial charge in [-0.2, -0.15) is 8.42 Å². The van der Waals surface area contributed by atoms with E-state index in [2.05, 4.69) is 21.2 Å². The molecule has 1 saturated heterocycles. The number of halogens is 3. The molecule has 3 aromatic rings. The van der Waals surface area contributed by atoms with Gasteiger partial charge in [-0.1, -0.05) is 57.3 Å². The Morgan fingerprint density at radius 2 is 1.51 bits per heavy atom. The number of hydrogen-bond acceptors (Lipinski definition) is 6. The lowest BCUT2D eigenvalue weighted by molar-refractivity contribution is -0.122. The van der Waals surface area contributed by atoms with E-state index in [9.17, 15) is 22.8 Å². The maximum atomic E-state index is 13.0. The van der Waals surface area contributed by atoms with Crippen molar-refractivity contribution in [2.75, 3.05) is 4.90 Å². The first-order valence-corrected chi connectivity index (χ1v) is 12.7. The van der Waals surface area contributed by atoms with Gasteiger partial charge in [-0.25, -0.2) is 9.69 Å². The third-order valence-corrected chi connectivity index (χ3v) is 7.07. The zero-order chi connectivity index (χ0) is 25.3. The number of nitrogens with zero attached hydrogens (tertiary/aromatic N) is 1. The molecule has 3 aromatic carbocycles. The summed E-state index contributed by atoms with van der Waals surface area (Å²) in [6, 6.07) is 15.4. The molecule has 35 heavy (non-hydrogen) atoms. The van der Waals surface area contributed by atoms with Crippen molar-refractivity contribution in [3.8, 4) is 5.75 Å². The average Bonchev–Trinajstić information content (AvgIpc) is 2.81. The normalized spacial score (nSPS) is 15.3. The molecule has 0 aliphatic carbocycles. The summed E-state index contributed by atoms with van der Waals surface area (Å²) >= 11 is 15.7. The summed E-state index contributed by atoms with van der Waals surface area (Å²) < 4.78 is 30.9. The third-order valence-electron chi connectivity index (χ3n) is 4.74. The standard InChI is InChI=1S/C23H13BrCl2N2O6S/c24-14-6-8-15(9-7-14)28-22(30)17(21(29)27-23(28)31)10-13-11-18(25)20(19(26)12-13)34-35(32,33)16-4-2-1-3-5-16/h1-12H,(H,27,29,31)/b17-10+. The van der Waals surface area contributed by atoms with Crippen molar-refractivity contribution >= 4 is 78.9 Å². The number of carbonyl (C=O) groups is 3. The van der Waals surface area contributed by atoms with Gasteiger partial charge in [0.05, 0.1) is 15.7 Å². The molecule has 178 valence electrons. The number of nitrogens with one attached hydrogen (secondary N) is 1. The minimum atomic E-state index is -4.21. The van der Waals surface area contributed by atoms with Crippen LogP contribution >= 0.6 is 39.1 Å². The first kappa shape index (κ1) is 24.9. The number of carbonyl (C=O) groups excluding carboxylic acids is 3. The highest BCUT2D eigenvalue weighted by molar-refractivity contribution is 9.10. The van der Waals surface area contributed by atoms with E-state index in [1.54, 1.807) is 18.2 Å². The molecular weight excluding hydrogens is 583 g/mol. The van der Waals surface area contributed by atoms with Crippen LogP contribution in [0.2, 0.25) is 10.0 Å². The molecule has 1 N–H and O–H groups in total. The van der Waals surface area contributed by atoms with E-state index in [0.717, 1.165) is 9.37 Å². The summed E-state index contributed by atoms with van der Waals surface area (Å²) in [5.74, 6) is -2.08. The lowest BCUT2D eigenvalue weighted by Crippen LogP contribution is -2.54. The second-order valence-electron chi connectivity index (χ2n) is 7.10. The van der Waals surface area contributed by atoms with E-state index in [-0.39, 0.29) is 37.5 Å². The van der Waals surface area contributed by atoms with Crippen molar-refractivity contribution < 1.29 is 27.0 Å². The van der Waals surface area contributed by atoms with Crippen molar-refractivity contribution in [3.05, 3.63) is 92.4 Å². The molecule has 0 radical (unpaired) electrons. The Morgan fingerprint density at radius 1 is 0.914 bits per heavy atom. The Morgan fingerprint density at radius 3 is 2.11 bits per heavy atom. The van der Waals surface area contributed by atoms with Crippen LogP contribution < -0.4 is 14.4 Å². The van der Waals surface area contributed by atoms with Crippen molar-refractivity contribution in [2.24, 2.45) is 0 Å². The van der Waals surface area contributed by atoms with Crippen LogP contribution in [-0.2, 0) is 19.7 Å². The lowest BCUT2D eigenvalue weighted by Gasteiger charge is -2.26. The van der Waals surface area contributed by atoms with Gasteiger partial charge >= 0.3 is 16.1 Å². The minimum Gasteiger partial charge on any atom is -0.376 e. The number of hydrogen-bond donors (Lipinski definition) is 1. The fourth-order valence-corrected chi connectivity index (χ4v) is 5.06. The van der Waals surface area contributed by atoms with Crippen LogP contribution in [0.25, 0.3) is 6.08 Å². The SMILES string of the molecule is O=C1NC(=O)N(c2ccc(Br)cc2)C(=O)/C1=C/c1cc(Cl)c(OS(=O)(=O)c2ccccc2)c(Cl)c1. The molecule has 4 rings (SSSR count). The summed E-state index contributed by atoms with van der Waals surface area (Å²) in [7, 11) is -4.21. The molecular formula is C23H13BrCl2N2O6S. The number of barbiturate groups is 1. The van der Waals surface area contributed by atoms with E-state index in [1.807, 2.05) is 0 Å². The second kappa shape index (κ2) is 9.82. The molecule has 1 aliphatic heterocycles. The summed E-state index contributed by atoms with van der Waals surface area (Å²) in [5.41, 5.74) is 0.0957.